The topological polar surface area (TPSA) is 23.0 Å². The van der Waals surface area contributed by atoms with Crippen molar-refractivity contribution < 1.29 is 4.42 Å². The Kier molecular flexibility index (Phi) is 7.98. The van der Waals surface area contributed by atoms with Crippen molar-refractivity contribution in [3.8, 4) is 11.4 Å². The molecule has 4 heteroatoms. The summed E-state index contributed by atoms with van der Waals surface area (Å²) in [5.41, 5.74) is 8.74. The van der Waals surface area contributed by atoms with Gasteiger partial charge >= 0.3 is 0 Å². The first-order valence-electron chi connectivity index (χ1n) is 19.8. The monoisotopic (exact) mass is 758 g/mol. The van der Waals surface area contributed by atoms with E-state index in [1.54, 1.807) is 0 Å². The molecule has 11 rings (SSSR count). The zero-order valence-electron chi connectivity index (χ0n) is 31.8. The van der Waals surface area contributed by atoms with E-state index in [4.69, 9.17) is 4.42 Å². The molecule has 3 nitrogen and oxygen atoms in total. The first-order valence-corrected chi connectivity index (χ1v) is 21.8. The van der Waals surface area contributed by atoms with Gasteiger partial charge in [0.05, 0.1) is 16.6 Å². The Hall–Kier alpha value is -7.40. The third-order valence-corrected chi connectivity index (χ3v) is 16.6. The van der Waals surface area contributed by atoms with Crippen LogP contribution in [0.25, 0.3) is 72.1 Å². The van der Waals surface area contributed by atoms with Crippen molar-refractivity contribution in [2.24, 2.45) is 0 Å². The smallest absolute Gasteiger partial charge is 0.200 e. The molecule has 0 unspecified atom stereocenters. The Labute approximate surface area is 337 Å². The number of aromatic nitrogens is 2. The van der Waals surface area contributed by atoms with Crippen LogP contribution in [-0.2, 0) is 0 Å². The maximum Gasteiger partial charge on any atom is 0.200 e. The van der Waals surface area contributed by atoms with E-state index in [2.05, 4.69) is 222 Å². The van der Waals surface area contributed by atoms with Crippen LogP contribution in [0, 0.1) is 0 Å². The highest BCUT2D eigenvalue weighted by Gasteiger charge is 2.46. The highest BCUT2D eigenvalue weighted by Crippen LogP contribution is 2.41. The minimum Gasteiger partial charge on any atom is -0.456 e. The van der Waals surface area contributed by atoms with E-state index in [1.165, 1.54) is 48.1 Å². The summed E-state index contributed by atoms with van der Waals surface area (Å²) >= 11 is 0. The van der Waals surface area contributed by atoms with Crippen LogP contribution in [-0.4, -0.2) is 17.2 Å². The molecule has 0 atom stereocenters. The molecule has 3 heterocycles. The molecular formula is C54H38N2OSi. The summed E-state index contributed by atoms with van der Waals surface area (Å²) in [6.45, 7) is 4.12. The fourth-order valence-electron chi connectivity index (χ4n) is 9.53. The highest BCUT2D eigenvalue weighted by molar-refractivity contribution is 7.20. The molecule has 0 aliphatic heterocycles. The molecule has 11 aromatic rings. The molecule has 0 bridgehead atoms. The van der Waals surface area contributed by atoms with Crippen molar-refractivity contribution in [3.05, 3.63) is 224 Å². The van der Waals surface area contributed by atoms with Gasteiger partial charge in [0.25, 0.3) is 0 Å². The van der Waals surface area contributed by atoms with Crippen molar-refractivity contribution in [1.29, 1.82) is 0 Å². The fraction of sp³-hybridized carbons (Fsp3) is 0. The van der Waals surface area contributed by atoms with Crippen LogP contribution in [0.2, 0.25) is 0 Å². The number of allylic oxidation sites excluding steroid dienone is 2. The number of benzene rings is 8. The van der Waals surface area contributed by atoms with Crippen molar-refractivity contribution in [1.82, 2.24) is 9.13 Å². The average Bonchev–Trinajstić information content (AvgIpc) is 3.95. The fourth-order valence-corrected chi connectivity index (χ4v) is 14.7. The third kappa shape index (κ3) is 4.99. The van der Waals surface area contributed by atoms with Crippen molar-refractivity contribution in [2.45, 2.75) is 0 Å². The van der Waals surface area contributed by atoms with Crippen LogP contribution in [0.5, 0.6) is 0 Å². The molecule has 274 valence electrons. The standard InChI is InChI=1S/C54H38N2OSi/c1-2-3-28-44-43-29-13-16-32-47(43)56(38-20-7-4-8-21-38)54(44)58(40-23-9-5-10-24-40,41-25-11-6-12-26-41)42-27-19-22-39(37-42)55-48-33-17-14-30-45(48)52-49(55)35-36-51-53(52)46-31-15-18-34-50(46)57-51/h2-37H,1H2/b28-3-. The Bertz CT molecular complexity index is 3310. The van der Waals surface area contributed by atoms with E-state index in [-0.39, 0.29) is 0 Å². The van der Waals surface area contributed by atoms with Crippen molar-refractivity contribution >= 4 is 89.7 Å². The van der Waals surface area contributed by atoms with Gasteiger partial charge in [0.15, 0.2) is 0 Å². The largest absolute Gasteiger partial charge is 0.456 e. The van der Waals surface area contributed by atoms with Crippen molar-refractivity contribution in [2.75, 3.05) is 0 Å². The second-order valence-electron chi connectivity index (χ2n) is 14.9. The van der Waals surface area contributed by atoms with Gasteiger partial charge in [-0.15, -0.1) is 0 Å². The Morgan fingerprint density at radius 2 is 1.00 bits per heavy atom. The molecule has 0 aliphatic carbocycles. The maximum absolute atomic E-state index is 6.43. The lowest BCUT2D eigenvalue weighted by atomic mass is 10.1. The summed E-state index contributed by atoms with van der Waals surface area (Å²) in [5, 5.41) is 11.1. The lowest BCUT2D eigenvalue weighted by Gasteiger charge is -2.36. The van der Waals surface area contributed by atoms with E-state index in [0.717, 1.165) is 44.3 Å². The summed E-state index contributed by atoms with van der Waals surface area (Å²) in [5.74, 6) is 0. The molecule has 8 aromatic carbocycles. The van der Waals surface area contributed by atoms with Gasteiger partial charge in [0.1, 0.15) is 11.2 Å². The second kappa shape index (κ2) is 13.7. The van der Waals surface area contributed by atoms with Gasteiger partial charge in [-0.05, 0) is 70.2 Å². The molecule has 0 N–H and O–H groups in total. The van der Waals surface area contributed by atoms with Crippen LogP contribution in [0.3, 0.4) is 0 Å². The number of nitrogens with zero attached hydrogens (tertiary/aromatic N) is 2. The SMILES string of the molecule is C=C/C=C\c1c([Si](c2ccccc2)(c2ccccc2)c2cccc(-n3c4ccccc4c4c5c(ccc43)oc3ccccc35)c2)n(-c2ccccc2)c2ccccc12. The highest BCUT2D eigenvalue weighted by atomic mass is 28.3. The number of rotatable bonds is 8. The summed E-state index contributed by atoms with van der Waals surface area (Å²) < 4.78 is 11.4. The number of fused-ring (bicyclic) bond motifs is 8. The van der Waals surface area contributed by atoms with Gasteiger partial charge in [-0.1, -0.05) is 170 Å². The minimum absolute atomic E-state index is 0.902. The van der Waals surface area contributed by atoms with E-state index >= 15 is 0 Å². The summed E-state index contributed by atoms with van der Waals surface area (Å²) in [4.78, 5) is 0. The zero-order chi connectivity index (χ0) is 38.6. The van der Waals surface area contributed by atoms with Gasteiger partial charge in [-0.25, -0.2) is 0 Å². The van der Waals surface area contributed by atoms with Crippen LogP contribution in [0.15, 0.2) is 223 Å². The summed E-state index contributed by atoms with van der Waals surface area (Å²) in [7, 11) is -3.20. The maximum atomic E-state index is 6.43. The summed E-state index contributed by atoms with van der Waals surface area (Å²) in [6, 6.07) is 73.1. The van der Waals surface area contributed by atoms with E-state index in [1.807, 2.05) is 12.1 Å². The zero-order valence-corrected chi connectivity index (χ0v) is 32.8. The Morgan fingerprint density at radius 1 is 0.431 bits per heavy atom. The predicted molar refractivity (Wildman–Crippen MR) is 248 cm³/mol. The molecule has 3 aromatic heterocycles. The number of hydrogen-bond acceptors (Lipinski definition) is 1. The molecule has 0 amide bonds. The average molecular weight is 759 g/mol. The first-order chi connectivity index (χ1) is 28.8. The lowest BCUT2D eigenvalue weighted by molar-refractivity contribution is 0.669. The van der Waals surface area contributed by atoms with Crippen LogP contribution < -0.4 is 20.9 Å². The molecule has 0 spiro atoms. The van der Waals surface area contributed by atoms with E-state index in [9.17, 15) is 0 Å². The quantitative estimate of drug-likeness (QED) is 0.0860. The molecular weight excluding hydrogens is 721 g/mol. The third-order valence-electron chi connectivity index (χ3n) is 11.8. The number of hydrogen-bond donors (Lipinski definition) is 0. The van der Waals surface area contributed by atoms with Crippen LogP contribution >= 0.6 is 0 Å². The first kappa shape index (κ1) is 33.9. The number of furan rings is 1. The van der Waals surface area contributed by atoms with Gasteiger partial charge in [0.2, 0.25) is 8.07 Å². The molecule has 0 aliphatic rings. The van der Waals surface area contributed by atoms with E-state index in [0.29, 0.717) is 0 Å². The van der Waals surface area contributed by atoms with Gasteiger partial charge < -0.3 is 13.6 Å². The lowest BCUT2D eigenvalue weighted by Crippen LogP contribution is -2.76. The molecule has 0 saturated heterocycles. The second-order valence-corrected chi connectivity index (χ2v) is 18.6. The van der Waals surface area contributed by atoms with Crippen LogP contribution in [0.4, 0.5) is 0 Å². The normalized spacial score (nSPS) is 12.1. The predicted octanol–water partition coefficient (Wildman–Crippen LogP) is 11.2. The van der Waals surface area contributed by atoms with Crippen molar-refractivity contribution in [3.63, 3.8) is 0 Å². The minimum atomic E-state index is -3.20. The molecule has 0 radical (unpaired) electrons. The molecule has 58 heavy (non-hydrogen) atoms. The van der Waals surface area contributed by atoms with E-state index < -0.39 is 8.07 Å². The summed E-state index contributed by atoms with van der Waals surface area (Å²) in [6.07, 6.45) is 6.25. The van der Waals surface area contributed by atoms with Crippen LogP contribution in [0.1, 0.15) is 5.56 Å². The molecule has 0 fully saturated rings. The van der Waals surface area contributed by atoms with Gasteiger partial charge in [0, 0.05) is 49.2 Å². The number of para-hydroxylation sites is 4. The Morgan fingerprint density at radius 3 is 1.71 bits per heavy atom. The molecule has 0 saturated carbocycles. The van der Waals surface area contributed by atoms with Gasteiger partial charge in [-0.3, -0.25) is 0 Å². The van der Waals surface area contributed by atoms with Gasteiger partial charge in [-0.2, -0.15) is 0 Å². The Balaban J connectivity index is 1.30.